The van der Waals surface area contributed by atoms with Gasteiger partial charge in [-0.1, -0.05) is 6.58 Å². The van der Waals surface area contributed by atoms with Crippen molar-refractivity contribution in [2.24, 2.45) is 7.05 Å². The van der Waals surface area contributed by atoms with Gasteiger partial charge in [0.25, 0.3) is 0 Å². The van der Waals surface area contributed by atoms with Crippen LogP contribution in [-0.4, -0.2) is 22.0 Å². The largest absolute Gasteiger partial charge is 0.481 e. The van der Waals surface area contributed by atoms with Gasteiger partial charge < -0.3 is 9.84 Å². The maximum Gasteiger partial charge on any atom is 0.217 e. The Labute approximate surface area is 83.8 Å². The number of aromatic nitrogens is 2. The third-order valence-corrected chi connectivity index (χ3v) is 2.15. The number of aliphatic hydroxyl groups is 1. The molecule has 4 heteroatoms. The Morgan fingerprint density at radius 2 is 2.21 bits per heavy atom. The second-order valence-electron chi connectivity index (χ2n) is 3.38. The van der Waals surface area contributed by atoms with Crippen LogP contribution in [0.25, 0.3) is 0 Å². The Morgan fingerprint density at radius 3 is 2.64 bits per heavy atom. The summed E-state index contributed by atoms with van der Waals surface area (Å²) in [6, 6.07) is 0. The van der Waals surface area contributed by atoms with Crippen LogP contribution < -0.4 is 4.74 Å². The van der Waals surface area contributed by atoms with E-state index in [1.807, 2.05) is 6.92 Å². The fraction of sp³-hybridized carbons (Fsp3) is 0.500. The van der Waals surface area contributed by atoms with Gasteiger partial charge in [0.2, 0.25) is 5.88 Å². The van der Waals surface area contributed by atoms with Gasteiger partial charge in [-0.3, -0.25) is 0 Å². The summed E-state index contributed by atoms with van der Waals surface area (Å²) in [6.45, 7) is 7.33. The van der Waals surface area contributed by atoms with E-state index in [1.165, 1.54) is 0 Å². The molecule has 1 atom stereocenters. The quantitative estimate of drug-likeness (QED) is 0.742. The number of aryl methyl sites for hydroxylation is 2. The van der Waals surface area contributed by atoms with Crippen molar-refractivity contribution in [1.82, 2.24) is 9.78 Å². The number of rotatable bonds is 3. The van der Waals surface area contributed by atoms with E-state index < -0.39 is 6.10 Å². The molecule has 1 rings (SSSR count). The number of aliphatic hydroxyl groups excluding tert-OH is 1. The van der Waals surface area contributed by atoms with Gasteiger partial charge in [-0.15, -0.1) is 0 Å². The standard InChI is InChI=1S/C10H16N2O2/c1-6(2)9(13)8-7(3)11-12(4)10(8)14-5/h9,13H,1H2,2-5H3. The van der Waals surface area contributed by atoms with Crippen molar-refractivity contribution in [3.63, 3.8) is 0 Å². The summed E-state index contributed by atoms with van der Waals surface area (Å²) in [7, 11) is 3.34. The van der Waals surface area contributed by atoms with Crippen LogP contribution in [0, 0.1) is 6.92 Å². The number of hydrogen-bond acceptors (Lipinski definition) is 3. The Morgan fingerprint density at radius 1 is 1.64 bits per heavy atom. The van der Waals surface area contributed by atoms with Crippen LogP contribution in [0.15, 0.2) is 12.2 Å². The molecule has 1 N–H and O–H groups in total. The van der Waals surface area contributed by atoms with Gasteiger partial charge in [0.1, 0.15) is 6.10 Å². The number of nitrogens with zero attached hydrogens (tertiary/aromatic N) is 2. The first-order valence-corrected chi connectivity index (χ1v) is 4.40. The predicted octanol–water partition coefficient (Wildman–Crippen LogP) is 1.35. The lowest BCUT2D eigenvalue weighted by Gasteiger charge is -2.11. The molecule has 0 saturated heterocycles. The van der Waals surface area contributed by atoms with E-state index in [-0.39, 0.29) is 0 Å². The maximum absolute atomic E-state index is 9.87. The Kier molecular flexibility index (Phi) is 2.96. The molecular formula is C10H16N2O2. The van der Waals surface area contributed by atoms with Crippen molar-refractivity contribution < 1.29 is 9.84 Å². The first-order valence-electron chi connectivity index (χ1n) is 4.40. The molecule has 1 unspecified atom stereocenters. The molecule has 1 aromatic rings. The lowest BCUT2D eigenvalue weighted by atomic mass is 10.1. The smallest absolute Gasteiger partial charge is 0.217 e. The Bertz CT molecular complexity index is 355. The summed E-state index contributed by atoms with van der Waals surface area (Å²) in [4.78, 5) is 0. The summed E-state index contributed by atoms with van der Waals surface area (Å²) in [6.07, 6.45) is -0.710. The van der Waals surface area contributed by atoms with E-state index >= 15 is 0 Å². The third kappa shape index (κ3) is 1.65. The van der Waals surface area contributed by atoms with Gasteiger partial charge in [-0.25, -0.2) is 4.68 Å². The average molecular weight is 196 g/mol. The van der Waals surface area contributed by atoms with Crippen LogP contribution in [0.1, 0.15) is 24.3 Å². The highest BCUT2D eigenvalue weighted by Gasteiger charge is 2.21. The van der Waals surface area contributed by atoms with Gasteiger partial charge in [0.15, 0.2) is 0 Å². The molecule has 0 aliphatic rings. The van der Waals surface area contributed by atoms with Crippen LogP contribution in [0.4, 0.5) is 0 Å². The highest BCUT2D eigenvalue weighted by Crippen LogP contribution is 2.31. The summed E-state index contributed by atoms with van der Waals surface area (Å²) in [5.41, 5.74) is 2.14. The minimum atomic E-state index is -0.710. The van der Waals surface area contributed by atoms with E-state index in [0.29, 0.717) is 17.0 Å². The van der Waals surface area contributed by atoms with E-state index in [1.54, 1.807) is 25.8 Å². The van der Waals surface area contributed by atoms with Gasteiger partial charge in [0, 0.05) is 7.05 Å². The average Bonchev–Trinajstić information content (AvgIpc) is 2.38. The molecule has 0 aliphatic carbocycles. The molecule has 0 amide bonds. The van der Waals surface area contributed by atoms with Crippen LogP contribution in [0.3, 0.4) is 0 Å². The summed E-state index contributed by atoms with van der Waals surface area (Å²) in [5, 5.41) is 14.0. The lowest BCUT2D eigenvalue weighted by Crippen LogP contribution is -2.02. The first kappa shape index (κ1) is 10.8. The van der Waals surface area contributed by atoms with Gasteiger partial charge in [-0.05, 0) is 19.4 Å². The molecule has 1 aromatic heterocycles. The van der Waals surface area contributed by atoms with Crippen LogP contribution in [-0.2, 0) is 7.05 Å². The molecule has 4 nitrogen and oxygen atoms in total. The molecule has 14 heavy (non-hydrogen) atoms. The number of ether oxygens (including phenoxy) is 1. The number of methoxy groups -OCH3 is 1. The second-order valence-corrected chi connectivity index (χ2v) is 3.38. The fourth-order valence-electron chi connectivity index (χ4n) is 1.46. The first-order chi connectivity index (χ1) is 6.49. The molecule has 0 saturated carbocycles. The zero-order valence-electron chi connectivity index (χ0n) is 9.03. The minimum absolute atomic E-state index is 0.581. The van der Waals surface area contributed by atoms with Crippen molar-refractivity contribution in [1.29, 1.82) is 0 Å². The van der Waals surface area contributed by atoms with E-state index in [4.69, 9.17) is 4.74 Å². The predicted molar refractivity (Wildman–Crippen MR) is 54.3 cm³/mol. The molecular weight excluding hydrogens is 180 g/mol. The van der Waals surface area contributed by atoms with Gasteiger partial charge in [0.05, 0.1) is 18.4 Å². The Hall–Kier alpha value is -1.29. The minimum Gasteiger partial charge on any atom is -0.481 e. The molecule has 0 aliphatic heterocycles. The molecule has 0 bridgehead atoms. The van der Waals surface area contributed by atoms with E-state index in [0.717, 1.165) is 5.69 Å². The molecule has 0 aromatic carbocycles. The van der Waals surface area contributed by atoms with Gasteiger partial charge >= 0.3 is 0 Å². The summed E-state index contributed by atoms with van der Waals surface area (Å²) < 4.78 is 6.78. The van der Waals surface area contributed by atoms with Crippen molar-refractivity contribution in [2.45, 2.75) is 20.0 Å². The van der Waals surface area contributed by atoms with Crippen LogP contribution in [0.5, 0.6) is 5.88 Å². The molecule has 0 spiro atoms. The molecule has 0 fully saturated rings. The highest BCUT2D eigenvalue weighted by molar-refractivity contribution is 5.36. The van der Waals surface area contributed by atoms with E-state index in [2.05, 4.69) is 11.7 Å². The topological polar surface area (TPSA) is 47.3 Å². The zero-order valence-corrected chi connectivity index (χ0v) is 9.03. The van der Waals surface area contributed by atoms with Crippen molar-refractivity contribution in [3.05, 3.63) is 23.4 Å². The molecule has 0 radical (unpaired) electrons. The van der Waals surface area contributed by atoms with Gasteiger partial charge in [-0.2, -0.15) is 5.10 Å². The van der Waals surface area contributed by atoms with Crippen molar-refractivity contribution in [3.8, 4) is 5.88 Å². The van der Waals surface area contributed by atoms with E-state index in [9.17, 15) is 5.11 Å². The van der Waals surface area contributed by atoms with Crippen LogP contribution >= 0.6 is 0 Å². The molecule has 78 valence electrons. The molecule has 1 heterocycles. The SMILES string of the molecule is C=C(C)C(O)c1c(C)nn(C)c1OC. The summed E-state index contributed by atoms with van der Waals surface area (Å²) >= 11 is 0. The number of hydrogen-bond donors (Lipinski definition) is 1. The van der Waals surface area contributed by atoms with Crippen LogP contribution in [0.2, 0.25) is 0 Å². The fourth-order valence-corrected chi connectivity index (χ4v) is 1.46. The maximum atomic E-state index is 9.87. The zero-order chi connectivity index (χ0) is 10.9. The summed E-state index contributed by atoms with van der Waals surface area (Å²) in [5.74, 6) is 0.581. The highest BCUT2D eigenvalue weighted by atomic mass is 16.5. The van der Waals surface area contributed by atoms with Crippen molar-refractivity contribution >= 4 is 0 Å². The normalized spacial score (nSPS) is 12.6. The monoisotopic (exact) mass is 196 g/mol. The lowest BCUT2D eigenvalue weighted by molar-refractivity contribution is 0.209. The van der Waals surface area contributed by atoms with Crippen molar-refractivity contribution in [2.75, 3.05) is 7.11 Å². The Balaban J connectivity index is 3.24. The second kappa shape index (κ2) is 3.84. The third-order valence-electron chi connectivity index (χ3n) is 2.15.